The third-order valence-electron chi connectivity index (χ3n) is 6.91. The lowest BCUT2D eigenvalue weighted by atomic mass is 9.94. The van der Waals surface area contributed by atoms with Gasteiger partial charge in [-0.2, -0.15) is 0 Å². The summed E-state index contributed by atoms with van der Waals surface area (Å²) < 4.78 is 20.7. The lowest BCUT2D eigenvalue weighted by Gasteiger charge is -2.43. The third-order valence-corrected chi connectivity index (χ3v) is 7.87. The monoisotopic (exact) mass is 562 g/mol. The van der Waals surface area contributed by atoms with Crippen LogP contribution in [0.2, 0.25) is 0 Å². The van der Waals surface area contributed by atoms with Crippen molar-refractivity contribution in [2.45, 2.75) is 45.4 Å². The van der Waals surface area contributed by atoms with Gasteiger partial charge in [-0.05, 0) is 44.0 Å². The van der Waals surface area contributed by atoms with Gasteiger partial charge in [0.1, 0.15) is 17.4 Å². The molecule has 0 fully saturated rings. The highest BCUT2D eigenvalue weighted by molar-refractivity contribution is 7.14. The molecular formula is C29H27FN4O5S. The molecule has 0 spiro atoms. The van der Waals surface area contributed by atoms with Gasteiger partial charge in [0.15, 0.2) is 22.0 Å². The number of ether oxygens (including phenoxy) is 1. The van der Waals surface area contributed by atoms with Gasteiger partial charge >= 0.3 is 5.97 Å². The van der Waals surface area contributed by atoms with E-state index in [0.29, 0.717) is 11.4 Å². The predicted octanol–water partition coefficient (Wildman–Crippen LogP) is 4.34. The predicted molar refractivity (Wildman–Crippen MR) is 147 cm³/mol. The fourth-order valence-corrected chi connectivity index (χ4v) is 5.49. The molecular weight excluding hydrogens is 535 g/mol. The third kappa shape index (κ3) is 5.00. The SMILES string of the molecule is CC(C)N1C[C@](C)(C(=O)O)n2cc(-c3nnc(Cc4ccc(F)cc4)s3)c(=O)c(OCc3ccccc3)c2C1=O. The maximum Gasteiger partial charge on any atom is 0.331 e. The topological polar surface area (TPSA) is 115 Å². The van der Waals surface area contributed by atoms with Gasteiger partial charge in [0.05, 0.1) is 12.1 Å². The average molecular weight is 563 g/mol. The first-order chi connectivity index (χ1) is 19.1. The van der Waals surface area contributed by atoms with E-state index in [1.165, 1.54) is 34.7 Å². The zero-order chi connectivity index (χ0) is 28.6. The van der Waals surface area contributed by atoms with Crippen LogP contribution in [0.1, 0.15) is 47.4 Å². The Morgan fingerprint density at radius 2 is 1.80 bits per heavy atom. The van der Waals surface area contributed by atoms with Crippen molar-refractivity contribution in [1.29, 1.82) is 0 Å². The van der Waals surface area contributed by atoms with Crippen LogP contribution in [-0.2, 0) is 23.4 Å². The molecule has 2 aromatic heterocycles. The lowest BCUT2D eigenvalue weighted by Crippen LogP contribution is -2.58. The van der Waals surface area contributed by atoms with Crippen LogP contribution in [0.3, 0.4) is 0 Å². The van der Waals surface area contributed by atoms with E-state index in [1.807, 2.05) is 30.3 Å². The Balaban J connectivity index is 1.65. The summed E-state index contributed by atoms with van der Waals surface area (Å²) in [6.07, 6.45) is 1.75. The Bertz CT molecular complexity index is 1630. The number of pyridine rings is 1. The van der Waals surface area contributed by atoms with Crippen molar-refractivity contribution >= 4 is 23.2 Å². The molecule has 1 atom stereocenters. The molecule has 1 amide bonds. The van der Waals surface area contributed by atoms with E-state index in [-0.39, 0.29) is 47.0 Å². The quantitative estimate of drug-likeness (QED) is 0.340. The maximum atomic E-state index is 13.9. The van der Waals surface area contributed by atoms with Gasteiger partial charge in [0.2, 0.25) is 5.43 Å². The number of aromatic nitrogens is 3. The number of aliphatic carboxylic acids is 1. The second kappa shape index (κ2) is 10.6. The van der Waals surface area contributed by atoms with E-state index >= 15 is 0 Å². The highest BCUT2D eigenvalue weighted by atomic mass is 32.1. The summed E-state index contributed by atoms with van der Waals surface area (Å²) in [6.45, 7) is 4.98. The normalized spacial score (nSPS) is 16.7. The number of fused-ring (bicyclic) bond motifs is 1. The number of carbonyl (C=O) groups excluding carboxylic acids is 1. The zero-order valence-electron chi connectivity index (χ0n) is 22.1. The van der Waals surface area contributed by atoms with Crippen molar-refractivity contribution in [2.75, 3.05) is 6.54 Å². The number of carbonyl (C=O) groups is 2. The van der Waals surface area contributed by atoms with Crippen LogP contribution in [0.5, 0.6) is 5.75 Å². The fraction of sp³-hybridized carbons (Fsp3) is 0.276. The highest BCUT2D eigenvalue weighted by Gasteiger charge is 2.47. The van der Waals surface area contributed by atoms with Gasteiger partial charge in [-0.3, -0.25) is 9.59 Å². The molecule has 2 aromatic carbocycles. The maximum absolute atomic E-state index is 13.9. The number of amides is 1. The zero-order valence-corrected chi connectivity index (χ0v) is 22.9. The second-order valence-electron chi connectivity index (χ2n) is 10.1. The molecule has 5 rings (SSSR count). The fourth-order valence-electron chi connectivity index (χ4n) is 4.61. The van der Waals surface area contributed by atoms with Crippen LogP contribution in [0.4, 0.5) is 4.39 Å². The molecule has 1 N–H and O–H groups in total. The molecule has 11 heteroatoms. The van der Waals surface area contributed by atoms with Crippen LogP contribution >= 0.6 is 11.3 Å². The smallest absolute Gasteiger partial charge is 0.331 e. The minimum atomic E-state index is -1.58. The summed E-state index contributed by atoms with van der Waals surface area (Å²) in [4.78, 5) is 41.7. The van der Waals surface area contributed by atoms with Crippen molar-refractivity contribution in [1.82, 2.24) is 19.7 Å². The summed E-state index contributed by atoms with van der Waals surface area (Å²) >= 11 is 1.16. The van der Waals surface area contributed by atoms with E-state index in [9.17, 15) is 23.9 Å². The first-order valence-corrected chi connectivity index (χ1v) is 13.5. The molecule has 40 heavy (non-hydrogen) atoms. The summed E-state index contributed by atoms with van der Waals surface area (Å²) in [7, 11) is 0. The minimum Gasteiger partial charge on any atom is -0.483 e. The van der Waals surface area contributed by atoms with Crippen molar-refractivity contribution in [3.8, 4) is 16.3 Å². The molecule has 1 aliphatic heterocycles. The first-order valence-electron chi connectivity index (χ1n) is 12.7. The molecule has 3 heterocycles. The number of benzene rings is 2. The summed E-state index contributed by atoms with van der Waals surface area (Å²) in [5, 5.41) is 19.6. The molecule has 0 radical (unpaired) electrons. The number of rotatable bonds is 8. The molecule has 0 aliphatic carbocycles. The van der Waals surface area contributed by atoms with Crippen molar-refractivity contribution in [2.24, 2.45) is 0 Å². The number of halogens is 1. The van der Waals surface area contributed by atoms with Crippen LogP contribution < -0.4 is 10.2 Å². The van der Waals surface area contributed by atoms with Gasteiger partial charge in [0, 0.05) is 18.7 Å². The van der Waals surface area contributed by atoms with Crippen molar-refractivity contribution in [3.63, 3.8) is 0 Å². The standard InChI is InChI=1S/C29H27FN4O5S/c1-17(2)33-16-29(3,28(37)38)34-14-21(26-32-31-22(40-26)13-18-9-11-20(30)12-10-18)24(35)25(23(34)27(33)36)39-15-19-7-5-4-6-8-19/h4-12,14,17H,13,15-16H2,1-3H3,(H,37,38)/t29-/m1/s1. The second-order valence-corrected chi connectivity index (χ2v) is 11.2. The van der Waals surface area contributed by atoms with E-state index in [0.717, 1.165) is 22.5 Å². The number of carboxylic acid groups (broad SMARTS) is 1. The van der Waals surface area contributed by atoms with E-state index < -0.39 is 22.8 Å². The van der Waals surface area contributed by atoms with Crippen LogP contribution in [0, 0.1) is 5.82 Å². The van der Waals surface area contributed by atoms with Gasteiger partial charge < -0.3 is 19.3 Å². The van der Waals surface area contributed by atoms with E-state index in [1.54, 1.807) is 26.0 Å². The number of nitrogens with zero attached hydrogens (tertiary/aromatic N) is 4. The van der Waals surface area contributed by atoms with Gasteiger partial charge in [0.25, 0.3) is 5.91 Å². The van der Waals surface area contributed by atoms with Gasteiger partial charge in [-0.15, -0.1) is 10.2 Å². The van der Waals surface area contributed by atoms with Crippen molar-refractivity contribution < 1.29 is 23.8 Å². The summed E-state index contributed by atoms with van der Waals surface area (Å²) in [5.74, 6) is -2.24. The van der Waals surface area contributed by atoms with Crippen LogP contribution in [-0.4, -0.2) is 49.2 Å². The Labute approximate surface area is 233 Å². The van der Waals surface area contributed by atoms with Gasteiger partial charge in [-0.1, -0.05) is 53.8 Å². The molecule has 1 aliphatic rings. The molecule has 4 aromatic rings. The Hall–Kier alpha value is -4.38. The molecule has 0 saturated heterocycles. The largest absolute Gasteiger partial charge is 0.483 e. The Morgan fingerprint density at radius 1 is 1.10 bits per heavy atom. The number of hydrogen-bond acceptors (Lipinski definition) is 7. The van der Waals surface area contributed by atoms with Crippen LogP contribution in [0.15, 0.2) is 65.6 Å². The Morgan fingerprint density at radius 3 is 2.45 bits per heavy atom. The molecule has 206 valence electrons. The molecule has 0 unspecified atom stereocenters. The molecule has 0 saturated carbocycles. The average Bonchev–Trinajstić information content (AvgIpc) is 3.39. The van der Waals surface area contributed by atoms with E-state index in [4.69, 9.17) is 4.74 Å². The molecule has 9 nitrogen and oxygen atoms in total. The van der Waals surface area contributed by atoms with Gasteiger partial charge in [-0.25, -0.2) is 9.18 Å². The number of carboxylic acids is 1. The Kier molecular flexibility index (Phi) is 7.24. The van der Waals surface area contributed by atoms with Crippen LogP contribution in [0.25, 0.3) is 10.6 Å². The molecule has 0 bridgehead atoms. The highest BCUT2D eigenvalue weighted by Crippen LogP contribution is 2.35. The van der Waals surface area contributed by atoms with Crippen molar-refractivity contribution in [3.05, 3.63) is 98.7 Å². The number of hydrogen-bond donors (Lipinski definition) is 1. The summed E-state index contributed by atoms with van der Waals surface area (Å²) in [5.41, 5.74) is -0.621. The van der Waals surface area contributed by atoms with E-state index in [2.05, 4.69) is 10.2 Å². The first kappa shape index (κ1) is 27.2. The lowest BCUT2D eigenvalue weighted by molar-refractivity contribution is -0.148. The summed E-state index contributed by atoms with van der Waals surface area (Å²) in [6, 6.07) is 14.8. The minimum absolute atomic E-state index is 0.00276.